The largest absolute Gasteiger partial charge is 0.263 e. The molecule has 1 aliphatic rings. The highest BCUT2D eigenvalue weighted by Gasteiger charge is 2.33. The molecule has 0 N–H and O–H groups in total. The van der Waals surface area contributed by atoms with E-state index in [0.29, 0.717) is 6.54 Å². The molecule has 1 aromatic heterocycles. The van der Waals surface area contributed by atoms with Gasteiger partial charge in [0.15, 0.2) is 5.82 Å². The minimum atomic E-state index is -3.81. The minimum absolute atomic E-state index is 0.125. The van der Waals surface area contributed by atoms with Crippen molar-refractivity contribution in [1.29, 1.82) is 0 Å². The van der Waals surface area contributed by atoms with E-state index in [-0.39, 0.29) is 6.04 Å². The molecule has 0 radical (unpaired) electrons. The van der Waals surface area contributed by atoms with E-state index in [1.807, 2.05) is 6.92 Å². The number of thioether (sulfide) groups is 1. The molecule has 4 nitrogen and oxygen atoms in total. The zero-order chi connectivity index (χ0) is 12.5. The fourth-order valence-corrected chi connectivity index (χ4v) is 4.58. The van der Waals surface area contributed by atoms with E-state index in [0.717, 1.165) is 17.6 Å². The second-order valence-electron chi connectivity index (χ2n) is 3.83. The Hall–Kier alpha value is -0.660. The first-order chi connectivity index (χ1) is 8.03. The summed E-state index contributed by atoms with van der Waals surface area (Å²) in [5.41, 5.74) is 0. The van der Waals surface area contributed by atoms with Gasteiger partial charge in [-0.25, -0.2) is 17.8 Å². The van der Waals surface area contributed by atoms with Crippen molar-refractivity contribution in [3.63, 3.8) is 0 Å². The second-order valence-corrected chi connectivity index (χ2v) is 6.79. The lowest BCUT2D eigenvalue weighted by Crippen LogP contribution is -2.44. The molecule has 0 aromatic carbocycles. The van der Waals surface area contributed by atoms with Crippen LogP contribution in [0, 0.1) is 5.82 Å². The monoisotopic (exact) mass is 276 g/mol. The molecule has 0 saturated carbocycles. The summed E-state index contributed by atoms with van der Waals surface area (Å²) < 4.78 is 39.3. The van der Waals surface area contributed by atoms with Crippen molar-refractivity contribution in [1.82, 2.24) is 9.29 Å². The van der Waals surface area contributed by atoms with Crippen LogP contribution in [0.1, 0.15) is 6.92 Å². The Bertz CT molecular complexity index is 507. The Balaban J connectivity index is 2.39. The highest BCUT2D eigenvalue weighted by Crippen LogP contribution is 2.24. The number of hydrogen-bond donors (Lipinski definition) is 0. The summed E-state index contributed by atoms with van der Waals surface area (Å²) in [7, 11) is -3.81. The minimum Gasteiger partial charge on any atom is -0.241 e. The van der Waals surface area contributed by atoms with E-state index in [1.54, 1.807) is 11.8 Å². The number of rotatable bonds is 2. The quantitative estimate of drug-likeness (QED) is 0.818. The Labute approximate surface area is 104 Å². The summed E-state index contributed by atoms with van der Waals surface area (Å²) in [6.07, 6.45) is 1.29. The molecular formula is C10H13FN2O2S2. The lowest BCUT2D eigenvalue weighted by molar-refractivity contribution is 0.363. The van der Waals surface area contributed by atoms with Crippen LogP contribution >= 0.6 is 11.8 Å². The summed E-state index contributed by atoms with van der Waals surface area (Å²) >= 11 is 1.70. The third-order valence-corrected chi connectivity index (χ3v) is 5.72. The van der Waals surface area contributed by atoms with Crippen molar-refractivity contribution < 1.29 is 12.8 Å². The zero-order valence-electron chi connectivity index (χ0n) is 9.34. The van der Waals surface area contributed by atoms with Crippen molar-refractivity contribution >= 4 is 21.8 Å². The van der Waals surface area contributed by atoms with Crippen LogP contribution in [0.15, 0.2) is 23.4 Å². The SMILES string of the molecule is CC1CSCCN1S(=O)(=O)c1ncccc1F. The van der Waals surface area contributed by atoms with Gasteiger partial charge in [0.2, 0.25) is 5.03 Å². The van der Waals surface area contributed by atoms with Gasteiger partial charge < -0.3 is 0 Å². The van der Waals surface area contributed by atoms with E-state index < -0.39 is 20.9 Å². The van der Waals surface area contributed by atoms with Crippen LogP contribution in [0.25, 0.3) is 0 Å². The van der Waals surface area contributed by atoms with E-state index in [2.05, 4.69) is 4.98 Å². The highest BCUT2D eigenvalue weighted by molar-refractivity contribution is 7.99. The van der Waals surface area contributed by atoms with Gasteiger partial charge in [-0.1, -0.05) is 0 Å². The normalized spacial score (nSPS) is 22.6. The maximum atomic E-state index is 13.5. The van der Waals surface area contributed by atoms with E-state index in [4.69, 9.17) is 0 Å². The molecule has 1 saturated heterocycles. The van der Waals surface area contributed by atoms with Gasteiger partial charge in [-0.3, -0.25) is 0 Å². The van der Waals surface area contributed by atoms with Gasteiger partial charge in [0.25, 0.3) is 10.0 Å². The van der Waals surface area contributed by atoms with Crippen molar-refractivity contribution in [3.8, 4) is 0 Å². The molecule has 2 rings (SSSR count). The molecular weight excluding hydrogens is 263 g/mol. The molecule has 1 atom stereocenters. The molecule has 0 aliphatic carbocycles. The van der Waals surface area contributed by atoms with Crippen LogP contribution in [0.4, 0.5) is 4.39 Å². The zero-order valence-corrected chi connectivity index (χ0v) is 11.0. The van der Waals surface area contributed by atoms with Gasteiger partial charge in [-0.15, -0.1) is 0 Å². The van der Waals surface area contributed by atoms with Crippen LogP contribution in [0.5, 0.6) is 0 Å². The number of aromatic nitrogens is 1. The maximum absolute atomic E-state index is 13.5. The summed E-state index contributed by atoms with van der Waals surface area (Å²) in [4.78, 5) is 3.65. The summed E-state index contributed by atoms with van der Waals surface area (Å²) in [6.45, 7) is 2.23. The second kappa shape index (κ2) is 4.91. The summed E-state index contributed by atoms with van der Waals surface area (Å²) in [6, 6.07) is 2.37. The Kier molecular flexibility index (Phi) is 3.70. The van der Waals surface area contributed by atoms with Crippen LogP contribution in [-0.2, 0) is 10.0 Å². The highest BCUT2D eigenvalue weighted by atomic mass is 32.2. The van der Waals surface area contributed by atoms with Crippen LogP contribution < -0.4 is 0 Å². The first kappa shape index (κ1) is 12.8. The number of sulfonamides is 1. The molecule has 1 aliphatic heterocycles. The van der Waals surface area contributed by atoms with E-state index in [1.165, 1.54) is 16.6 Å². The lowest BCUT2D eigenvalue weighted by atomic mass is 10.4. The number of hydrogen-bond acceptors (Lipinski definition) is 4. The first-order valence-corrected chi connectivity index (χ1v) is 7.83. The predicted octanol–water partition coefficient (Wildman–Crippen LogP) is 1.35. The fraction of sp³-hybridized carbons (Fsp3) is 0.500. The van der Waals surface area contributed by atoms with Crippen molar-refractivity contribution in [2.45, 2.75) is 18.0 Å². The van der Waals surface area contributed by atoms with E-state index in [9.17, 15) is 12.8 Å². The Morgan fingerprint density at radius 1 is 1.59 bits per heavy atom. The molecule has 0 spiro atoms. The van der Waals surface area contributed by atoms with Crippen molar-refractivity contribution in [3.05, 3.63) is 24.1 Å². The van der Waals surface area contributed by atoms with Gasteiger partial charge in [-0.05, 0) is 19.1 Å². The maximum Gasteiger partial charge on any atom is 0.263 e. The molecule has 94 valence electrons. The molecule has 1 fully saturated rings. The molecule has 1 unspecified atom stereocenters. The topological polar surface area (TPSA) is 50.3 Å². The summed E-state index contributed by atoms with van der Waals surface area (Å²) in [5.74, 6) is 0.670. The van der Waals surface area contributed by atoms with Gasteiger partial charge in [0.1, 0.15) is 0 Å². The predicted molar refractivity (Wildman–Crippen MR) is 64.9 cm³/mol. The van der Waals surface area contributed by atoms with Gasteiger partial charge in [-0.2, -0.15) is 16.1 Å². The van der Waals surface area contributed by atoms with Crippen LogP contribution in [0.3, 0.4) is 0 Å². The third kappa shape index (κ3) is 2.46. The third-order valence-electron chi connectivity index (χ3n) is 2.58. The fourth-order valence-electron chi connectivity index (χ4n) is 1.74. The van der Waals surface area contributed by atoms with Crippen LogP contribution in [-0.4, -0.2) is 41.8 Å². The Morgan fingerprint density at radius 3 is 3.00 bits per heavy atom. The molecule has 1 aromatic rings. The lowest BCUT2D eigenvalue weighted by Gasteiger charge is -2.31. The number of pyridine rings is 1. The number of halogens is 1. The van der Waals surface area contributed by atoms with Crippen molar-refractivity contribution in [2.24, 2.45) is 0 Å². The number of nitrogens with zero attached hydrogens (tertiary/aromatic N) is 2. The molecule has 0 bridgehead atoms. The average Bonchev–Trinajstić information content (AvgIpc) is 2.29. The van der Waals surface area contributed by atoms with Crippen LogP contribution in [0.2, 0.25) is 0 Å². The smallest absolute Gasteiger partial charge is 0.241 e. The molecule has 2 heterocycles. The summed E-state index contributed by atoms with van der Waals surface area (Å²) in [5, 5.41) is -0.473. The standard InChI is InChI=1S/C10H13FN2O2S2/c1-8-7-16-6-5-13(8)17(14,15)10-9(11)3-2-4-12-10/h2-4,8H,5-7H2,1H3. The molecule has 7 heteroatoms. The van der Waals surface area contributed by atoms with Gasteiger partial charge in [0.05, 0.1) is 0 Å². The average molecular weight is 276 g/mol. The molecule has 0 amide bonds. The van der Waals surface area contributed by atoms with Gasteiger partial charge in [0, 0.05) is 30.3 Å². The first-order valence-electron chi connectivity index (χ1n) is 5.23. The Morgan fingerprint density at radius 2 is 2.35 bits per heavy atom. The van der Waals surface area contributed by atoms with E-state index >= 15 is 0 Å². The van der Waals surface area contributed by atoms with Crippen molar-refractivity contribution in [2.75, 3.05) is 18.1 Å². The molecule has 17 heavy (non-hydrogen) atoms. The van der Waals surface area contributed by atoms with Gasteiger partial charge >= 0.3 is 0 Å².